The maximum atomic E-state index is 12.4. The molecule has 1 amide bonds. The fourth-order valence-electron chi connectivity index (χ4n) is 3.55. The third-order valence-corrected chi connectivity index (χ3v) is 5.29. The van der Waals surface area contributed by atoms with Gasteiger partial charge in [-0.2, -0.15) is 0 Å². The SMILES string of the molecule is Cc1ccc(OCCn2c(CCNC(=O)c3ccc(C)cc3)nc3ccccc32)cc1. The molecule has 0 saturated carbocycles. The fraction of sp³-hybridized carbons (Fsp3) is 0.231. The van der Waals surface area contributed by atoms with Crippen molar-refractivity contribution in [1.29, 1.82) is 0 Å². The van der Waals surface area contributed by atoms with Crippen LogP contribution in [0.4, 0.5) is 0 Å². The van der Waals surface area contributed by atoms with Crippen molar-refractivity contribution >= 4 is 16.9 Å². The van der Waals surface area contributed by atoms with Gasteiger partial charge in [-0.15, -0.1) is 0 Å². The number of hydrogen-bond acceptors (Lipinski definition) is 3. The highest BCUT2D eigenvalue weighted by molar-refractivity contribution is 5.94. The van der Waals surface area contributed by atoms with Crippen LogP contribution in [0.1, 0.15) is 27.3 Å². The number of benzene rings is 3. The number of para-hydroxylation sites is 2. The predicted octanol–water partition coefficient (Wildman–Crippen LogP) is 4.70. The van der Waals surface area contributed by atoms with Crippen LogP contribution in [-0.2, 0) is 13.0 Å². The zero-order valence-electron chi connectivity index (χ0n) is 18.0. The average molecular weight is 414 g/mol. The van der Waals surface area contributed by atoms with Gasteiger partial charge in [0.2, 0.25) is 0 Å². The highest BCUT2D eigenvalue weighted by atomic mass is 16.5. The molecule has 0 saturated heterocycles. The summed E-state index contributed by atoms with van der Waals surface area (Å²) in [6.07, 6.45) is 0.650. The zero-order chi connectivity index (χ0) is 21.6. The molecule has 0 aliphatic carbocycles. The Morgan fingerprint density at radius 2 is 1.61 bits per heavy atom. The van der Waals surface area contributed by atoms with Crippen LogP contribution in [0.25, 0.3) is 11.0 Å². The first-order valence-electron chi connectivity index (χ1n) is 10.6. The second-order valence-corrected chi connectivity index (χ2v) is 7.70. The number of aryl methyl sites for hydroxylation is 2. The van der Waals surface area contributed by atoms with E-state index in [0.29, 0.717) is 31.7 Å². The second-order valence-electron chi connectivity index (χ2n) is 7.70. The first-order valence-corrected chi connectivity index (χ1v) is 10.6. The van der Waals surface area contributed by atoms with Gasteiger partial charge in [0, 0.05) is 18.5 Å². The van der Waals surface area contributed by atoms with Gasteiger partial charge in [0.15, 0.2) is 0 Å². The van der Waals surface area contributed by atoms with Crippen molar-refractivity contribution in [3.05, 3.63) is 95.3 Å². The van der Waals surface area contributed by atoms with Crippen LogP contribution in [0, 0.1) is 13.8 Å². The van der Waals surface area contributed by atoms with E-state index in [4.69, 9.17) is 9.72 Å². The second kappa shape index (κ2) is 9.47. The monoisotopic (exact) mass is 413 g/mol. The quantitative estimate of drug-likeness (QED) is 0.455. The minimum Gasteiger partial charge on any atom is -0.492 e. The summed E-state index contributed by atoms with van der Waals surface area (Å²) in [5.74, 6) is 1.74. The van der Waals surface area contributed by atoms with E-state index in [1.165, 1.54) is 5.56 Å². The van der Waals surface area contributed by atoms with E-state index in [0.717, 1.165) is 28.2 Å². The van der Waals surface area contributed by atoms with Gasteiger partial charge in [0.05, 0.1) is 17.6 Å². The van der Waals surface area contributed by atoms with E-state index in [2.05, 4.69) is 22.9 Å². The molecule has 31 heavy (non-hydrogen) atoms. The van der Waals surface area contributed by atoms with Gasteiger partial charge in [0.1, 0.15) is 18.2 Å². The molecular weight excluding hydrogens is 386 g/mol. The molecule has 0 radical (unpaired) electrons. The smallest absolute Gasteiger partial charge is 0.251 e. The van der Waals surface area contributed by atoms with Crippen LogP contribution in [0.15, 0.2) is 72.8 Å². The van der Waals surface area contributed by atoms with Gasteiger partial charge in [-0.1, -0.05) is 47.5 Å². The lowest BCUT2D eigenvalue weighted by molar-refractivity contribution is 0.0954. The lowest BCUT2D eigenvalue weighted by atomic mass is 10.1. The Balaban J connectivity index is 1.41. The van der Waals surface area contributed by atoms with Gasteiger partial charge < -0.3 is 14.6 Å². The topological polar surface area (TPSA) is 56.1 Å². The van der Waals surface area contributed by atoms with Crippen molar-refractivity contribution in [2.75, 3.05) is 13.2 Å². The minimum atomic E-state index is -0.0645. The van der Waals surface area contributed by atoms with Gasteiger partial charge in [-0.25, -0.2) is 4.98 Å². The number of nitrogens with zero attached hydrogens (tertiary/aromatic N) is 2. The van der Waals surface area contributed by atoms with Gasteiger partial charge >= 0.3 is 0 Å². The van der Waals surface area contributed by atoms with Crippen molar-refractivity contribution < 1.29 is 9.53 Å². The third kappa shape index (κ3) is 5.12. The summed E-state index contributed by atoms with van der Waals surface area (Å²) in [5, 5.41) is 3.00. The summed E-state index contributed by atoms with van der Waals surface area (Å²) < 4.78 is 8.11. The number of fused-ring (bicyclic) bond motifs is 1. The van der Waals surface area contributed by atoms with Gasteiger partial charge in [-0.05, 0) is 50.2 Å². The van der Waals surface area contributed by atoms with Crippen molar-refractivity contribution in [1.82, 2.24) is 14.9 Å². The van der Waals surface area contributed by atoms with E-state index >= 15 is 0 Å². The number of hydrogen-bond donors (Lipinski definition) is 1. The minimum absolute atomic E-state index is 0.0645. The standard InChI is InChI=1S/C26H27N3O2/c1-19-7-11-21(12-8-19)26(30)27-16-15-25-28-23-5-3-4-6-24(23)29(25)17-18-31-22-13-9-20(2)10-14-22/h3-14H,15-18H2,1-2H3,(H,27,30). The number of rotatable bonds is 8. The third-order valence-electron chi connectivity index (χ3n) is 5.29. The summed E-state index contributed by atoms with van der Waals surface area (Å²) in [4.78, 5) is 17.2. The molecule has 4 rings (SSSR count). The summed E-state index contributed by atoms with van der Waals surface area (Å²) in [7, 11) is 0. The van der Waals surface area contributed by atoms with E-state index in [1.54, 1.807) is 0 Å². The van der Waals surface area contributed by atoms with Crippen molar-refractivity contribution in [3.8, 4) is 5.75 Å². The first-order chi connectivity index (χ1) is 15.1. The number of amides is 1. The van der Waals surface area contributed by atoms with Crippen LogP contribution in [-0.4, -0.2) is 28.6 Å². The van der Waals surface area contributed by atoms with Crippen molar-refractivity contribution in [2.45, 2.75) is 26.8 Å². The Kier molecular flexibility index (Phi) is 6.32. The number of ether oxygens (including phenoxy) is 1. The molecule has 158 valence electrons. The summed E-state index contributed by atoms with van der Waals surface area (Å²) >= 11 is 0. The van der Waals surface area contributed by atoms with Crippen LogP contribution in [0.3, 0.4) is 0 Å². The molecule has 1 heterocycles. The number of imidazole rings is 1. The molecule has 0 aliphatic heterocycles. The fourth-order valence-corrected chi connectivity index (χ4v) is 3.55. The zero-order valence-corrected chi connectivity index (χ0v) is 18.0. The molecule has 5 heteroatoms. The van der Waals surface area contributed by atoms with E-state index in [1.807, 2.05) is 73.7 Å². The maximum absolute atomic E-state index is 12.4. The lowest BCUT2D eigenvalue weighted by Crippen LogP contribution is -2.26. The highest BCUT2D eigenvalue weighted by Crippen LogP contribution is 2.17. The van der Waals surface area contributed by atoms with Crippen LogP contribution in [0.2, 0.25) is 0 Å². The molecule has 0 bridgehead atoms. The summed E-state index contributed by atoms with van der Waals surface area (Å²) in [5.41, 5.74) is 5.05. The Morgan fingerprint density at radius 3 is 2.35 bits per heavy atom. The maximum Gasteiger partial charge on any atom is 0.251 e. The average Bonchev–Trinajstić information content (AvgIpc) is 3.13. The van der Waals surface area contributed by atoms with Crippen LogP contribution < -0.4 is 10.1 Å². The molecular formula is C26H27N3O2. The van der Waals surface area contributed by atoms with Gasteiger partial charge in [-0.3, -0.25) is 4.79 Å². The van der Waals surface area contributed by atoms with Gasteiger partial charge in [0.25, 0.3) is 5.91 Å². The van der Waals surface area contributed by atoms with Crippen molar-refractivity contribution in [2.24, 2.45) is 0 Å². The molecule has 0 aliphatic rings. The molecule has 1 aromatic heterocycles. The number of carbonyl (C=O) groups is 1. The largest absolute Gasteiger partial charge is 0.492 e. The van der Waals surface area contributed by atoms with Crippen molar-refractivity contribution in [3.63, 3.8) is 0 Å². The number of aromatic nitrogens is 2. The molecule has 0 unspecified atom stereocenters. The normalized spacial score (nSPS) is 10.9. The molecule has 5 nitrogen and oxygen atoms in total. The molecule has 4 aromatic rings. The Hall–Kier alpha value is -3.60. The molecule has 0 atom stereocenters. The number of nitrogens with one attached hydrogen (secondary N) is 1. The van der Waals surface area contributed by atoms with E-state index in [9.17, 15) is 4.79 Å². The Bertz CT molecular complexity index is 1160. The molecule has 0 spiro atoms. The molecule has 0 fully saturated rings. The van der Waals surface area contributed by atoms with E-state index in [-0.39, 0.29) is 5.91 Å². The highest BCUT2D eigenvalue weighted by Gasteiger charge is 2.11. The summed E-state index contributed by atoms with van der Waals surface area (Å²) in [6, 6.07) is 23.8. The molecule has 3 aromatic carbocycles. The van der Waals surface area contributed by atoms with E-state index < -0.39 is 0 Å². The Labute approximate surface area is 182 Å². The predicted molar refractivity (Wildman–Crippen MR) is 124 cm³/mol. The first kappa shape index (κ1) is 20.7. The molecule has 1 N–H and O–H groups in total. The number of carbonyl (C=O) groups excluding carboxylic acids is 1. The van der Waals surface area contributed by atoms with Crippen LogP contribution >= 0.6 is 0 Å². The summed E-state index contributed by atoms with van der Waals surface area (Å²) in [6.45, 7) is 5.83. The Morgan fingerprint density at radius 1 is 0.935 bits per heavy atom. The van der Waals surface area contributed by atoms with Crippen LogP contribution in [0.5, 0.6) is 5.75 Å². The lowest BCUT2D eigenvalue weighted by Gasteiger charge is -2.11.